The van der Waals surface area contributed by atoms with Gasteiger partial charge in [0.15, 0.2) is 0 Å². The van der Waals surface area contributed by atoms with E-state index in [0.717, 1.165) is 24.8 Å². The molecule has 5 atom stereocenters. The molecule has 0 aromatic carbocycles. The number of ketones is 1. The van der Waals surface area contributed by atoms with Gasteiger partial charge >= 0.3 is 5.97 Å². The second kappa shape index (κ2) is 4.15. The van der Waals surface area contributed by atoms with Crippen molar-refractivity contribution in [3.8, 4) is 0 Å². The minimum Gasteiger partial charge on any atom is -0.461 e. The number of Topliss-reactive ketones (excluding diaryl/α,β-unsaturated/α-hetero) is 1. The van der Waals surface area contributed by atoms with Crippen LogP contribution in [-0.2, 0) is 23.8 Å². The van der Waals surface area contributed by atoms with Crippen LogP contribution in [0.15, 0.2) is 11.6 Å². The van der Waals surface area contributed by atoms with E-state index in [9.17, 15) is 9.59 Å². The fourth-order valence-corrected chi connectivity index (χ4v) is 3.12. The van der Waals surface area contributed by atoms with Gasteiger partial charge in [0.25, 0.3) is 0 Å². The maximum atomic E-state index is 12.0. The van der Waals surface area contributed by atoms with Gasteiger partial charge in [-0.25, -0.2) is 0 Å². The Hall–Kier alpha value is -1.20. The Balaban J connectivity index is 1.35. The minimum absolute atomic E-state index is 0.0352. The van der Waals surface area contributed by atoms with E-state index >= 15 is 0 Å². The Morgan fingerprint density at radius 2 is 2.11 bits per heavy atom. The standard InChI is InChI=1S/C14H16O5/c15-8-2-4-10-13(19-10)12(8)14(16)17-6-7-1-3-9-11(5-7)18-9/h5,9-13H,1-4,6H2. The van der Waals surface area contributed by atoms with Crippen molar-refractivity contribution in [2.45, 2.75) is 50.1 Å². The van der Waals surface area contributed by atoms with Crippen LogP contribution >= 0.6 is 0 Å². The molecule has 0 amide bonds. The number of carbonyl (C=O) groups excluding carboxylic acids is 2. The van der Waals surface area contributed by atoms with Crippen molar-refractivity contribution in [2.24, 2.45) is 5.92 Å². The summed E-state index contributed by atoms with van der Waals surface area (Å²) in [7, 11) is 0. The average molecular weight is 264 g/mol. The molecule has 2 heterocycles. The molecule has 3 fully saturated rings. The summed E-state index contributed by atoms with van der Waals surface area (Å²) >= 11 is 0. The lowest BCUT2D eigenvalue weighted by Gasteiger charge is -2.17. The molecule has 0 N–H and O–H groups in total. The van der Waals surface area contributed by atoms with Gasteiger partial charge in [0.05, 0.1) is 12.2 Å². The third kappa shape index (κ3) is 2.11. The van der Waals surface area contributed by atoms with Gasteiger partial charge < -0.3 is 14.2 Å². The smallest absolute Gasteiger partial charge is 0.319 e. The van der Waals surface area contributed by atoms with E-state index in [1.165, 1.54) is 0 Å². The molecule has 2 saturated heterocycles. The Bertz CT molecular complexity index is 468. The monoisotopic (exact) mass is 264 g/mol. The molecule has 0 radical (unpaired) electrons. The van der Waals surface area contributed by atoms with E-state index in [1.807, 2.05) is 6.08 Å². The molecule has 0 aromatic rings. The highest BCUT2D eigenvalue weighted by Crippen LogP contribution is 2.40. The van der Waals surface area contributed by atoms with Crippen LogP contribution in [0.2, 0.25) is 0 Å². The molecule has 5 unspecified atom stereocenters. The summed E-state index contributed by atoms with van der Waals surface area (Å²) in [5.41, 5.74) is 1.10. The molecule has 4 rings (SSSR count). The van der Waals surface area contributed by atoms with Crippen molar-refractivity contribution in [1.82, 2.24) is 0 Å². The van der Waals surface area contributed by atoms with Gasteiger partial charge in [-0.2, -0.15) is 0 Å². The molecule has 2 aliphatic heterocycles. The van der Waals surface area contributed by atoms with E-state index < -0.39 is 11.9 Å². The van der Waals surface area contributed by atoms with Gasteiger partial charge in [0.1, 0.15) is 30.5 Å². The number of ether oxygens (including phenoxy) is 3. The van der Waals surface area contributed by atoms with Gasteiger partial charge in [0, 0.05) is 6.42 Å². The first-order chi connectivity index (χ1) is 9.22. The average Bonchev–Trinajstić information content (AvgIpc) is 3.28. The quantitative estimate of drug-likeness (QED) is 0.326. The van der Waals surface area contributed by atoms with Crippen LogP contribution in [0.5, 0.6) is 0 Å². The SMILES string of the molecule is O=C1CCC2OC2C1C(=O)OCC1=CC2OC2CC1. The highest BCUT2D eigenvalue weighted by atomic mass is 16.6. The Morgan fingerprint density at radius 3 is 2.95 bits per heavy atom. The molecule has 102 valence electrons. The number of hydrogen-bond acceptors (Lipinski definition) is 5. The van der Waals surface area contributed by atoms with E-state index in [0.29, 0.717) is 12.5 Å². The molecule has 0 spiro atoms. The van der Waals surface area contributed by atoms with E-state index in [-0.39, 0.29) is 30.7 Å². The fourth-order valence-electron chi connectivity index (χ4n) is 3.12. The summed E-state index contributed by atoms with van der Waals surface area (Å²) in [4.78, 5) is 23.8. The first kappa shape index (κ1) is 11.6. The van der Waals surface area contributed by atoms with Crippen LogP contribution < -0.4 is 0 Å². The second-order valence-electron chi connectivity index (χ2n) is 5.73. The molecule has 2 aliphatic carbocycles. The van der Waals surface area contributed by atoms with Crippen molar-refractivity contribution in [2.75, 3.05) is 6.61 Å². The van der Waals surface area contributed by atoms with Crippen molar-refractivity contribution in [3.63, 3.8) is 0 Å². The van der Waals surface area contributed by atoms with E-state index in [1.54, 1.807) is 0 Å². The molecule has 19 heavy (non-hydrogen) atoms. The summed E-state index contributed by atoms with van der Waals surface area (Å²) in [6.45, 7) is 0.284. The van der Waals surface area contributed by atoms with Crippen molar-refractivity contribution >= 4 is 11.8 Å². The third-order valence-corrected chi connectivity index (χ3v) is 4.40. The Labute approximate surface area is 110 Å². The zero-order valence-electron chi connectivity index (χ0n) is 10.5. The number of fused-ring (bicyclic) bond motifs is 2. The highest BCUT2D eigenvalue weighted by molar-refractivity contribution is 6.01. The Morgan fingerprint density at radius 1 is 1.26 bits per heavy atom. The van der Waals surface area contributed by atoms with Gasteiger partial charge in [-0.15, -0.1) is 0 Å². The lowest BCUT2D eigenvalue weighted by Crippen LogP contribution is -2.35. The van der Waals surface area contributed by atoms with Gasteiger partial charge in [0.2, 0.25) is 0 Å². The zero-order valence-corrected chi connectivity index (χ0v) is 10.5. The lowest BCUT2D eigenvalue weighted by molar-refractivity contribution is -0.152. The van der Waals surface area contributed by atoms with Gasteiger partial charge in [-0.05, 0) is 24.8 Å². The van der Waals surface area contributed by atoms with Crippen LogP contribution in [0.1, 0.15) is 25.7 Å². The van der Waals surface area contributed by atoms with Crippen LogP contribution in [0, 0.1) is 5.92 Å². The van der Waals surface area contributed by atoms with Gasteiger partial charge in [-0.1, -0.05) is 6.08 Å². The summed E-state index contributed by atoms with van der Waals surface area (Å²) < 4.78 is 16.0. The normalized spacial score (nSPS) is 42.8. The molecule has 4 aliphatic rings. The number of hydrogen-bond donors (Lipinski definition) is 0. The molecule has 5 nitrogen and oxygen atoms in total. The van der Waals surface area contributed by atoms with E-state index in [4.69, 9.17) is 14.2 Å². The van der Waals surface area contributed by atoms with Crippen molar-refractivity contribution < 1.29 is 23.8 Å². The summed E-state index contributed by atoms with van der Waals surface area (Å²) in [5, 5.41) is 0. The summed E-state index contributed by atoms with van der Waals surface area (Å²) in [5.74, 6) is -1.14. The summed E-state index contributed by atoms with van der Waals surface area (Å²) in [6.07, 6.45) is 5.64. The van der Waals surface area contributed by atoms with Crippen LogP contribution in [-0.4, -0.2) is 42.8 Å². The number of rotatable bonds is 3. The van der Waals surface area contributed by atoms with Crippen molar-refractivity contribution in [1.29, 1.82) is 0 Å². The third-order valence-electron chi connectivity index (χ3n) is 4.40. The minimum atomic E-state index is -0.687. The van der Waals surface area contributed by atoms with E-state index in [2.05, 4.69) is 0 Å². The number of esters is 1. The molecule has 5 heteroatoms. The topological polar surface area (TPSA) is 68.4 Å². The first-order valence-electron chi connectivity index (χ1n) is 6.92. The molecular weight excluding hydrogens is 248 g/mol. The maximum absolute atomic E-state index is 12.0. The highest BCUT2D eigenvalue weighted by Gasteiger charge is 2.55. The molecular formula is C14H16O5. The zero-order chi connectivity index (χ0) is 13.0. The van der Waals surface area contributed by atoms with Crippen LogP contribution in [0.4, 0.5) is 0 Å². The fraction of sp³-hybridized carbons (Fsp3) is 0.714. The lowest BCUT2D eigenvalue weighted by atomic mass is 9.88. The van der Waals surface area contributed by atoms with Crippen molar-refractivity contribution in [3.05, 3.63) is 11.6 Å². The largest absolute Gasteiger partial charge is 0.461 e. The first-order valence-corrected chi connectivity index (χ1v) is 6.92. The predicted molar refractivity (Wildman–Crippen MR) is 63.3 cm³/mol. The van der Waals surface area contributed by atoms with Crippen LogP contribution in [0.25, 0.3) is 0 Å². The molecule has 1 saturated carbocycles. The number of epoxide rings is 2. The Kier molecular flexibility index (Phi) is 2.53. The molecule has 0 aromatic heterocycles. The maximum Gasteiger partial charge on any atom is 0.319 e. The second-order valence-corrected chi connectivity index (χ2v) is 5.73. The summed E-state index contributed by atoms with van der Waals surface area (Å²) in [6, 6.07) is 0. The van der Waals surface area contributed by atoms with Gasteiger partial charge in [-0.3, -0.25) is 9.59 Å². The molecule has 0 bridgehead atoms. The predicted octanol–water partition coefficient (Wildman–Crippen LogP) is 0.764. The number of carbonyl (C=O) groups is 2. The van der Waals surface area contributed by atoms with Crippen LogP contribution in [0.3, 0.4) is 0 Å².